The van der Waals surface area contributed by atoms with Crippen molar-refractivity contribution in [1.29, 1.82) is 0 Å². The van der Waals surface area contributed by atoms with Gasteiger partial charge in [-0.3, -0.25) is 4.79 Å². The quantitative estimate of drug-likeness (QED) is 0.660. The Labute approximate surface area is 153 Å². The van der Waals surface area contributed by atoms with Crippen LogP contribution >= 0.6 is 23.5 Å². The molecule has 0 bridgehead atoms. The Morgan fingerprint density at radius 3 is 2.54 bits per heavy atom. The van der Waals surface area contributed by atoms with E-state index in [1.165, 1.54) is 16.7 Å². The van der Waals surface area contributed by atoms with E-state index in [-0.39, 0.29) is 11.2 Å². The summed E-state index contributed by atoms with van der Waals surface area (Å²) in [5.41, 5.74) is 3.90. The summed E-state index contributed by atoms with van der Waals surface area (Å²) in [7, 11) is 0. The predicted molar refractivity (Wildman–Crippen MR) is 108 cm³/mol. The van der Waals surface area contributed by atoms with Crippen LogP contribution in [0.4, 0.5) is 0 Å². The summed E-state index contributed by atoms with van der Waals surface area (Å²) in [5.74, 6) is 2.94. The van der Waals surface area contributed by atoms with E-state index >= 15 is 0 Å². The molecule has 2 aromatic carbocycles. The normalized spacial score (nSPS) is 11.9. The molecular formula is C20H25NOS2. The Hall–Kier alpha value is -1.39. The minimum Gasteiger partial charge on any atom is -0.354 e. The van der Waals surface area contributed by atoms with Gasteiger partial charge in [-0.2, -0.15) is 11.8 Å². The summed E-state index contributed by atoms with van der Waals surface area (Å²) < 4.78 is 0. The average molecular weight is 360 g/mol. The fourth-order valence-corrected chi connectivity index (χ4v) is 3.93. The molecule has 2 aromatic rings. The van der Waals surface area contributed by atoms with Gasteiger partial charge < -0.3 is 5.32 Å². The molecular weight excluding hydrogens is 334 g/mol. The third-order valence-corrected chi connectivity index (χ3v) is 5.85. The van der Waals surface area contributed by atoms with Crippen LogP contribution in [0, 0.1) is 6.92 Å². The maximum absolute atomic E-state index is 12.1. The van der Waals surface area contributed by atoms with Gasteiger partial charge in [-0.15, -0.1) is 11.8 Å². The van der Waals surface area contributed by atoms with Gasteiger partial charge in [0.1, 0.15) is 0 Å². The van der Waals surface area contributed by atoms with Crippen LogP contribution in [0.5, 0.6) is 0 Å². The van der Waals surface area contributed by atoms with E-state index in [0.717, 1.165) is 23.8 Å². The van der Waals surface area contributed by atoms with Crippen molar-refractivity contribution in [3.63, 3.8) is 0 Å². The third-order valence-electron chi connectivity index (χ3n) is 3.61. The largest absolute Gasteiger partial charge is 0.354 e. The van der Waals surface area contributed by atoms with Gasteiger partial charge in [-0.05, 0) is 25.0 Å². The Morgan fingerprint density at radius 1 is 1.04 bits per heavy atom. The number of hydrogen-bond donors (Lipinski definition) is 1. The van der Waals surface area contributed by atoms with Crippen molar-refractivity contribution in [2.24, 2.45) is 0 Å². The second kappa shape index (κ2) is 10.5. The molecule has 0 aliphatic carbocycles. The molecule has 2 rings (SSSR count). The molecule has 2 nitrogen and oxygen atoms in total. The zero-order chi connectivity index (χ0) is 17.2. The van der Waals surface area contributed by atoms with E-state index in [2.05, 4.69) is 48.6 Å². The van der Waals surface area contributed by atoms with Gasteiger partial charge in [0.05, 0.1) is 5.25 Å². The van der Waals surface area contributed by atoms with E-state index in [9.17, 15) is 4.79 Å². The Bertz CT molecular complexity index is 631. The molecule has 0 radical (unpaired) electrons. The number of thioether (sulfide) groups is 2. The van der Waals surface area contributed by atoms with E-state index in [0.29, 0.717) is 0 Å². The Balaban J connectivity index is 1.58. The number of hydrogen-bond acceptors (Lipinski definition) is 3. The molecule has 1 atom stereocenters. The first kappa shape index (κ1) is 18.9. The van der Waals surface area contributed by atoms with Crippen LogP contribution < -0.4 is 5.32 Å². The van der Waals surface area contributed by atoms with Crippen LogP contribution in [0.2, 0.25) is 0 Å². The lowest BCUT2D eigenvalue weighted by Gasteiger charge is -2.12. The minimum atomic E-state index is -0.0213. The summed E-state index contributed by atoms with van der Waals surface area (Å²) in [4.78, 5) is 12.1. The summed E-state index contributed by atoms with van der Waals surface area (Å²) in [5, 5.41) is 3.01. The van der Waals surface area contributed by atoms with Crippen LogP contribution in [0.15, 0.2) is 54.6 Å². The molecule has 4 heteroatoms. The second-order valence-electron chi connectivity index (χ2n) is 5.77. The first-order valence-electron chi connectivity index (χ1n) is 8.21. The number of rotatable bonds is 9. The van der Waals surface area contributed by atoms with Gasteiger partial charge in [0.15, 0.2) is 0 Å². The molecule has 0 fully saturated rings. The molecule has 0 aliphatic rings. The second-order valence-corrected chi connectivity index (χ2v) is 8.21. The molecule has 24 heavy (non-hydrogen) atoms. The topological polar surface area (TPSA) is 29.1 Å². The highest BCUT2D eigenvalue weighted by Gasteiger charge is 2.12. The minimum absolute atomic E-state index is 0.0213. The van der Waals surface area contributed by atoms with Crippen molar-refractivity contribution in [3.05, 3.63) is 71.3 Å². The number of carbonyl (C=O) groups excluding carboxylic acids is 1. The van der Waals surface area contributed by atoms with E-state index in [4.69, 9.17) is 0 Å². The summed E-state index contributed by atoms with van der Waals surface area (Å²) in [6, 6.07) is 18.9. The number of aryl methyl sites for hydroxylation is 1. The monoisotopic (exact) mass is 359 g/mol. The van der Waals surface area contributed by atoms with Crippen molar-refractivity contribution < 1.29 is 4.79 Å². The first-order chi connectivity index (χ1) is 11.6. The molecule has 0 saturated heterocycles. The molecule has 0 heterocycles. The van der Waals surface area contributed by atoms with Gasteiger partial charge >= 0.3 is 0 Å². The van der Waals surface area contributed by atoms with Crippen molar-refractivity contribution in [3.8, 4) is 0 Å². The Morgan fingerprint density at radius 2 is 1.79 bits per heavy atom. The average Bonchev–Trinajstić information content (AvgIpc) is 2.60. The fourth-order valence-electron chi connectivity index (χ4n) is 2.25. The molecule has 128 valence electrons. The Kier molecular flexibility index (Phi) is 8.26. The van der Waals surface area contributed by atoms with Crippen molar-refractivity contribution in [2.45, 2.75) is 30.6 Å². The van der Waals surface area contributed by atoms with Gasteiger partial charge in [-0.25, -0.2) is 0 Å². The summed E-state index contributed by atoms with van der Waals surface area (Å²) in [6.45, 7) is 4.82. The molecule has 0 unspecified atom stereocenters. The molecule has 1 N–H and O–H groups in total. The third kappa shape index (κ3) is 7.02. The first-order valence-corrected chi connectivity index (χ1v) is 10.4. The summed E-state index contributed by atoms with van der Waals surface area (Å²) in [6.07, 6.45) is 0. The van der Waals surface area contributed by atoms with Crippen molar-refractivity contribution in [1.82, 2.24) is 5.32 Å². The summed E-state index contributed by atoms with van der Waals surface area (Å²) >= 11 is 3.54. The van der Waals surface area contributed by atoms with Crippen LogP contribution in [-0.4, -0.2) is 23.5 Å². The van der Waals surface area contributed by atoms with Crippen molar-refractivity contribution in [2.75, 3.05) is 12.3 Å². The molecule has 1 amide bonds. The van der Waals surface area contributed by atoms with Gasteiger partial charge in [0.2, 0.25) is 5.91 Å². The van der Waals surface area contributed by atoms with Crippen LogP contribution in [0.25, 0.3) is 0 Å². The van der Waals surface area contributed by atoms with Crippen molar-refractivity contribution >= 4 is 29.4 Å². The zero-order valence-corrected chi connectivity index (χ0v) is 16.0. The van der Waals surface area contributed by atoms with E-state index in [1.54, 1.807) is 11.8 Å². The zero-order valence-electron chi connectivity index (χ0n) is 14.3. The molecule has 0 aromatic heterocycles. The van der Waals surface area contributed by atoms with Crippen LogP contribution in [-0.2, 0) is 16.3 Å². The number of benzene rings is 2. The number of amides is 1. The van der Waals surface area contributed by atoms with E-state index < -0.39 is 0 Å². The standard InChI is InChI=1S/C20H25NOS2/c1-16-7-6-10-19(13-16)14-23-12-11-21-20(22)17(2)24-15-18-8-4-3-5-9-18/h3-10,13,17H,11-12,14-15H2,1-2H3,(H,21,22)/t17-/m0/s1. The molecule has 0 saturated carbocycles. The molecule has 0 spiro atoms. The van der Waals surface area contributed by atoms with Crippen LogP contribution in [0.3, 0.4) is 0 Å². The lowest BCUT2D eigenvalue weighted by atomic mass is 10.2. The highest BCUT2D eigenvalue weighted by atomic mass is 32.2. The molecule has 0 aliphatic heterocycles. The fraction of sp³-hybridized carbons (Fsp3) is 0.350. The lowest BCUT2D eigenvalue weighted by molar-refractivity contribution is -0.120. The van der Waals surface area contributed by atoms with Gasteiger partial charge in [0, 0.05) is 23.8 Å². The van der Waals surface area contributed by atoms with Crippen LogP contribution in [0.1, 0.15) is 23.6 Å². The van der Waals surface area contributed by atoms with Gasteiger partial charge in [0.25, 0.3) is 0 Å². The number of nitrogens with one attached hydrogen (secondary N) is 1. The predicted octanol–water partition coefficient (Wildman–Crippen LogP) is 4.67. The maximum atomic E-state index is 12.1. The smallest absolute Gasteiger partial charge is 0.232 e. The maximum Gasteiger partial charge on any atom is 0.232 e. The highest BCUT2D eigenvalue weighted by molar-refractivity contribution is 7.99. The van der Waals surface area contributed by atoms with Gasteiger partial charge in [-0.1, -0.05) is 60.2 Å². The highest BCUT2D eigenvalue weighted by Crippen LogP contribution is 2.17. The van der Waals surface area contributed by atoms with E-state index in [1.807, 2.05) is 36.9 Å². The SMILES string of the molecule is Cc1cccc(CSCCNC(=O)[C@H](C)SCc2ccccc2)c1. The number of carbonyl (C=O) groups is 1. The lowest BCUT2D eigenvalue weighted by Crippen LogP contribution is -2.32.